The highest BCUT2D eigenvalue weighted by atomic mass is 15.1. The van der Waals surface area contributed by atoms with E-state index in [4.69, 9.17) is 4.98 Å². The van der Waals surface area contributed by atoms with Gasteiger partial charge in [-0.2, -0.15) is 0 Å². The number of rotatable bonds is 9. The molecule has 71 heavy (non-hydrogen) atoms. The fourth-order valence-electron chi connectivity index (χ4n) is 9.92. The van der Waals surface area contributed by atoms with Gasteiger partial charge in [0.05, 0.1) is 11.0 Å². The Labute approximate surface area is 415 Å². The van der Waals surface area contributed by atoms with Crippen LogP contribution in [-0.2, 0) is 0 Å². The Bertz CT molecular complexity index is 3760. The van der Waals surface area contributed by atoms with Crippen LogP contribution >= 0.6 is 0 Å². The van der Waals surface area contributed by atoms with Crippen molar-refractivity contribution in [2.24, 2.45) is 0 Å². The Morgan fingerprint density at radius 1 is 0.225 bits per heavy atom. The molecule has 0 unspecified atom stereocenters. The molecular formula is C69H48N2. The summed E-state index contributed by atoms with van der Waals surface area (Å²) in [7, 11) is 0. The predicted octanol–water partition coefficient (Wildman–Crippen LogP) is 18.6. The van der Waals surface area contributed by atoms with Crippen molar-refractivity contribution in [3.8, 4) is 95.0 Å². The minimum atomic E-state index is 0.911. The molecule has 0 saturated heterocycles. The molecule has 0 amide bonds. The zero-order valence-electron chi connectivity index (χ0n) is 39.1. The molecule has 0 aliphatic rings. The van der Waals surface area contributed by atoms with Crippen molar-refractivity contribution in [1.29, 1.82) is 0 Å². The van der Waals surface area contributed by atoms with E-state index in [2.05, 4.69) is 296 Å². The summed E-state index contributed by atoms with van der Waals surface area (Å²) in [6.07, 6.45) is 0. The number of hydrogen-bond donors (Lipinski definition) is 0. The molecule has 12 aromatic rings. The quantitative estimate of drug-likeness (QED) is 0.141. The smallest absolute Gasteiger partial charge is 0.145 e. The van der Waals surface area contributed by atoms with Crippen LogP contribution in [0.2, 0.25) is 0 Å². The third-order valence-corrected chi connectivity index (χ3v) is 13.4. The van der Waals surface area contributed by atoms with Crippen molar-refractivity contribution < 1.29 is 0 Å². The maximum atomic E-state index is 5.18. The molecule has 0 fully saturated rings. The summed E-state index contributed by atoms with van der Waals surface area (Å²) >= 11 is 0. The van der Waals surface area contributed by atoms with E-state index in [1.165, 1.54) is 33.4 Å². The first-order valence-electron chi connectivity index (χ1n) is 24.3. The lowest BCUT2D eigenvalue weighted by Gasteiger charge is -2.16. The van der Waals surface area contributed by atoms with Crippen molar-refractivity contribution in [3.63, 3.8) is 0 Å². The van der Waals surface area contributed by atoms with Crippen LogP contribution in [0.1, 0.15) is 0 Å². The molecule has 0 N–H and O–H groups in total. The van der Waals surface area contributed by atoms with E-state index in [0.717, 1.165) is 83.4 Å². The summed E-state index contributed by atoms with van der Waals surface area (Å²) in [5.74, 6) is 0.911. The summed E-state index contributed by atoms with van der Waals surface area (Å²) in [5, 5.41) is 2.28. The largest absolute Gasteiger partial charge is 0.292 e. The van der Waals surface area contributed by atoms with Crippen LogP contribution in [-0.4, -0.2) is 9.55 Å². The molecule has 0 aliphatic carbocycles. The Morgan fingerprint density at radius 2 is 0.577 bits per heavy atom. The van der Waals surface area contributed by atoms with Crippen LogP contribution in [0.3, 0.4) is 0 Å². The number of nitrogens with zero attached hydrogens (tertiary/aromatic N) is 2. The second kappa shape index (κ2) is 19.3. The minimum absolute atomic E-state index is 0.911. The van der Waals surface area contributed by atoms with Crippen molar-refractivity contribution in [1.82, 2.24) is 9.55 Å². The lowest BCUT2D eigenvalue weighted by Crippen LogP contribution is -1.97. The Kier molecular flexibility index (Phi) is 11.7. The van der Waals surface area contributed by atoms with Gasteiger partial charge in [-0.1, -0.05) is 224 Å². The number of fused-ring (bicyclic) bond motifs is 2. The van der Waals surface area contributed by atoms with E-state index in [9.17, 15) is 0 Å². The molecule has 334 valence electrons. The van der Waals surface area contributed by atoms with Gasteiger partial charge in [0.2, 0.25) is 0 Å². The van der Waals surface area contributed by atoms with Crippen LogP contribution in [0.25, 0.3) is 117 Å². The first-order chi connectivity index (χ1) is 35.2. The van der Waals surface area contributed by atoms with Gasteiger partial charge in [0.25, 0.3) is 0 Å². The van der Waals surface area contributed by atoms with Crippen LogP contribution in [0.5, 0.6) is 0 Å². The summed E-state index contributed by atoms with van der Waals surface area (Å²) in [5.41, 5.74) is 20.3. The molecule has 11 aromatic carbocycles. The lowest BCUT2D eigenvalue weighted by atomic mass is 9.88. The zero-order chi connectivity index (χ0) is 47.3. The molecule has 0 radical (unpaired) electrons. The summed E-state index contributed by atoms with van der Waals surface area (Å²) in [6.45, 7) is 0. The fourth-order valence-corrected chi connectivity index (χ4v) is 9.92. The third kappa shape index (κ3) is 8.83. The van der Waals surface area contributed by atoms with E-state index in [0.29, 0.717) is 0 Å². The summed E-state index contributed by atoms with van der Waals surface area (Å²) in [6, 6.07) is 105. The molecule has 2 heteroatoms. The number of aromatic nitrogens is 2. The average molecular weight is 905 g/mol. The molecule has 0 bridgehead atoms. The Morgan fingerprint density at radius 3 is 1.07 bits per heavy atom. The zero-order valence-corrected chi connectivity index (χ0v) is 39.1. The molecule has 12 rings (SSSR count). The molecular weight excluding hydrogens is 857 g/mol. The maximum Gasteiger partial charge on any atom is 0.145 e. The van der Waals surface area contributed by atoms with Gasteiger partial charge in [0, 0.05) is 11.3 Å². The maximum absolute atomic E-state index is 5.18. The van der Waals surface area contributed by atoms with E-state index >= 15 is 0 Å². The van der Waals surface area contributed by atoms with Gasteiger partial charge in [-0.05, 0) is 155 Å². The molecule has 0 aliphatic heterocycles. The Hall–Kier alpha value is -9.37. The second-order valence-corrected chi connectivity index (χ2v) is 17.9. The molecule has 1 heterocycles. The first kappa shape index (κ1) is 42.9. The van der Waals surface area contributed by atoms with Crippen LogP contribution in [0, 0.1) is 0 Å². The monoisotopic (exact) mass is 904 g/mol. The van der Waals surface area contributed by atoms with Gasteiger partial charge in [-0.15, -0.1) is 0 Å². The van der Waals surface area contributed by atoms with Crippen LogP contribution < -0.4 is 0 Å². The van der Waals surface area contributed by atoms with Gasteiger partial charge in [0.15, 0.2) is 0 Å². The lowest BCUT2D eigenvalue weighted by molar-refractivity contribution is 1.10. The summed E-state index contributed by atoms with van der Waals surface area (Å²) < 4.78 is 2.26. The highest BCUT2D eigenvalue weighted by molar-refractivity contribution is 6.06. The minimum Gasteiger partial charge on any atom is -0.292 e. The number of para-hydroxylation sites is 3. The highest BCUT2D eigenvalue weighted by Gasteiger charge is 2.17. The number of imidazole rings is 1. The average Bonchev–Trinajstić information content (AvgIpc) is 3.85. The first-order valence-corrected chi connectivity index (χ1v) is 24.3. The van der Waals surface area contributed by atoms with E-state index in [1.54, 1.807) is 0 Å². The van der Waals surface area contributed by atoms with Crippen molar-refractivity contribution >= 4 is 21.8 Å². The molecule has 1 aromatic heterocycles. The van der Waals surface area contributed by atoms with E-state index in [1.807, 2.05) is 0 Å². The fraction of sp³-hybridized carbons (Fsp3) is 0. The third-order valence-electron chi connectivity index (χ3n) is 13.4. The molecule has 0 spiro atoms. The summed E-state index contributed by atoms with van der Waals surface area (Å²) in [4.78, 5) is 5.18. The van der Waals surface area contributed by atoms with Crippen molar-refractivity contribution in [2.45, 2.75) is 0 Å². The van der Waals surface area contributed by atoms with Gasteiger partial charge in [0.1, 0.15) is 5.82 Å². The van der Waals surface area contributed by atoms with Gasteiger partial charge in [-0.3, -0.25) is 4.57 Å². The molecule has 0 atom stereocenters. The van der Waals surface area contributed by atoms with Gasteiger partial charge in [-0.25, -0.2) is 4.98 Å². The van der Waals surface area contributed by atoms with Gasteiger partial charge >= 0.3 is 0 Å². The topological polar surface area (TPSA) is 17.8 Å². The van der Waals surface area contributed by atoms with Gasteiger partial charge < -0.3 is 0 Å². The van der Waals surface area contributed by atoms with E-state index in [-0.39, 0.29) is 0 Å². The highest BCUT2D eigenvalue weighted by Crippen LogP contribution is 2.41. The number of hydrogen-bond acceptors (Lipinski definition) is 1. The van der Waals surface area contributed by atoms with E-state index < -0.39 is 0 Å². The van der Waals surface area contributed by atoms with Crippen molar-refractivity contribution in [3.05, 3.63) is 291 Å². The number of benzene rings is 10. The van der Waals surface area contributed by atoms with Crippen LogP contribution in [0.15, 0.2) is 291 Å². The normalized spacial score (nSPS) is 11.1. The van der Waals surface area contributed by atoms with Crippen molar-refractivity contribution in [2.75, 3.05) is 0 Å². The van der Waals surface area contributed by atoms with Crippen LogP contribution in [0.4, 0.5) is 0 Å². The SMILES string of the molecule is c1ccc(-c2cc(-c3ccccc3)cc(-c3ccccccc(-c4cc(-c5ccccc5)cc(-c5ccccc5)c4)c4cc(-c5ccc(-c6nc7ccccc7n6-c6ccccc6)cc5)ccc34)c2)cc1. The Balaban J connectivity index is 1.11. The molecule has 2 nitrogen and oxygen atoms in total. The second-order valence-electron chi connectivity index (χ2n) is 17.9. The standard InChI is InChI=1S/C69H48N2/c1-2-19-33-64(61-46-58(51-26-12-5-13-27-51)43-59(47-61)52-28-14-6-15-29-52)66-48-55(53-36-38-54(39-37-53)69-70-67-34-20-21-35-68(67)71(69)62-30-16-7-17-31-62)40-41-65(66)63(32-18-1)60-44-56(49-22-8-3-9-23-49)42-57(45-60)50-24-10-4-11-25-50/h1-48H. The molecule has 0 saturated carbocycles. The predicted molar refractivity (Wildman–Crippen MR) is 300 cm³/mol.